The van der Waals surface area contributed by atoms with Crippen molar-refractivity contribution in [3.05, 3.63) is 23.4 Å². The third-order valence-electron chi connectivity index (χ3n) is 2.40. The summed E-state index contributed by atoms with van der Waals surface area (Å²) in [5.41, 5.74) is 8.15. The second-order valence-electron chi connectivity index (χ2n) is 4.18. The largest absolute Gasteiger partial charge is 0.368 e. The molecule has 0 aliphatic heterocycles. The van der Waals surface area contributed by atoms with Crippen molar-refractivity contribution in [1.29, 1.82) is 0 Å². The molecule has 3 nitrogen and oxygen atoms in total. The summed E-state index contributed by atoms with van der Waals surface area (Å²) in [5.74, 6) is 0.926. The van der Waals surface area contributed by atoms with Gasteiger partial charge in [-0.15, -0.1) is 0 Å². The van der Waals surface area contributed by atoms with Gasteiger partial charge in [0.25, 0.3) is 0 Å². The number of nitrogens with one attached hydrogen (secondary N) is 1. The standard InChI is InChI=1S/C12H21N3/c1-5-11(13)10-6-7-12(14-8(2)3)15-9(10)4/h6-8,11H,5,13H2,1-4H3,(H,14,15)/t11-/m0/s1. The molecule has 3 heteroatoms. The Balaban J connectivity index is 2.88. The van der Waals surface area contributed by atoms with Gasteiger partial charge in [0.05, 0.1) is 0 Å². The van der Waals surface area contributed by atoms with Crippen LogP contribution >= 0.6 is 0 Å². The number of hydrogen-bond donors (Lipinski definition) is 2. The summed E-state index contributed by atoms with van der Waals surface area (Å²) in [6.07, 6.45) is 0.944. The zero-order valence-electron chi connectivity index (χ0n) is 10.0. The maximum absolute atomic E-state index is 5.99. The van der Waals surface area contributed by atoms with Gasteiger partial charge in [-0.3, -0.25) is 0 Å². The van der Waals surface area contributed by atoms with E-state index in [1.165, 1.54) is 0 Å². The predicted octanol–water partition coefficient (Wildman–Crippen LogP) is 2.62. The smallest absolute Gasteiger partial charge is 0.126 e. The Labute approximate surface area is 92.1 Å². The molecule has 1 heterocycles. The van der Waals surface area contributed by atoms with E-state index in [9.17, 15) is 0 Å². The lowest BCUT2D eigenvalue weighted by atomic mass is 10.0. The second-order valence-corrected chi connectivity index (χ2v) is 4.18. The summed E-state index contributed by atoms with van der Waals surface area (Å²) in [6, 6.07) is 4.58. The van der Waals surface area contributed by atoms with E-state index in [2.05, 4.69) is 37.1 Å². The van der Waals surface area contributed by atoms with Crippen LogP contribution in [0.1, 0.15) is 44.5 Å². The molecule has 3 N–H and O–H groups in total. The normalized spacial score (nSPS) is 12.9. The van der Waals surface area contributed by atoms with E-state index in [0.717, 1.165) is 23.5 Å². The van der Waals surface area contributed by atoms with Gasteiger partial charge >= 0.3 is 0 Å². The van der Waals surface area contributed by atoms with Crippen molar-refractivity contribution in [2.45, 2.75) is 46.2 Å². The minimum atomic E-state index is 0.102. The zero-order valence-corrected chi connectivity index (χ0v) is 10.0. The van der Waals surface area contributed by atoms with Crippen LogP contribution in [0.25, 0.3) is 0 Å². The van der Waals surface area contributed by atoms with E-state index in [0.29, 0.717) is 6.04 Å². The summed E-state index contributed by atoms with van der Waals surface area (Å²) in [4.78, 5) is 4.49. The average molecular weight is 207 g/mol. The van der Waals surface area contributed by atoms with Crippen LogP contribution in [0.2, 0.25) is 0 Å². The van der Waals surface area contributed by atoms with Crippen molar-refractivity contribution in [3.8, 4) is 0 Å². The van der Waals surface area contributed by atoms with Crippen molar-refractivity contribution >= 4 is 5.82 Å². The van der Waals surface area contributed by atoms with E-state index < -0.39 is 0 Å². The highest BCUT2D eigenvalue weighted by atomic mass is 15.0. The topological polar surface area (TPSA) is 50.9 Å². The Bertz CT molecular complexity index is 321. The van der Waals surface area contributed by atoms with Crippen LogP contribution in [0.15, 0.2) is 12.1 Å². The molecule has 1 aromatic rings. The Morgan fingerprint density at radius 2 is 2.07 bits per heavy atom. The molecule has 1 atom stereocenters. The Hall–Kier alpha value is -1.09. The molecular weight excluding hydrogens is 186 g/mol. The molecule has 1 rings (SSSR count). The summed E-state index contributed by atoms with van der Waals surface area (Å²) in [7, 11) is 0. The highest BCUT2D eigenvalue weighted by molar-refractivity contribution is 5.40. The lowest BCUT2D eigenvalue weighted by molar-refractivity contribution is 0.688. The monoisotopic (exact) mass is 207 g/mol. The van der Waals surface area contributed by atoms with Gasteiger partial charge in [-0.2, -0.15) is 0 Å². The molecule has 84 valence electrons. The fourth-order valence-electron chi connectivity index (χ4n) is 1.56. The van der Waals surface area contributed by atoms with Gasteiger partial charge in [-0.25, -0.2) is 4.98 Å². The van der Waals surface area contributed by atoms with Gasteiger partial charge in [0, 0.05) is 17.8 Å². The average Bonchev–Trinajstić information content (AvgIpc) is 2.16. The first-order valence-electron chi connectivity index (χ1n) is 5.54. The molecule has 0 spiro atoms. The molecular formula is C12H21N3. The van der Waals surface area contributed by atoms with Crippen LogP contribution in [-0.4, -0.2) is 11.0 Å². The zero-order chi connectivity index (χ0) is 11.4. The molecule has 0 saturated heterocycles. The molecule has 0 fully saturated rings. The van der Waals surface area contributed by atoms with Gasteiger partial charge in [-0.1, -0.05) is 13.0 Å². The molecule has 0 saturated carbocycles. The second kappa shape index (κ2) is 5.12. The molecule has 0 radical (unpaired) electrons. The van der Waals surface area contributed by atoms with Crippen molar-refractivity contribution < 1.29 is 0 Å². The fraction of sp³-hybridized carbons (Fsp3) is 0.583. The van der Waals surface area contributed by atoms with Crippen LogP contribution in [0.5, 0.6) is 0 Å². The quantitative estimate of drug-likeness (QED) is 0.798. The van der Waals surface area contributed by atoms with E-state index in [-0.39, 0.29) is 6.04 Å². The van der Waals surface area contributed by atoms with Crippen molar-refractivity contribution in [2.75, 3.05) is 5.32 Å². The first kappa shape index (κ1) is 12.0. The fourth-order valence-corrected chi connectivity index (χ4v) is 1.56. The van der Waals surface area contributed by atoms with Crippen LogP contribution in [0.4, 0.5) is 5.82 Å². The SMILES string of the molecule is CC[C@H](N)c1ccc(NC(C)C)nc1C. The van der Waals surface area contributed by atoms with Crippen molar-refractivity contribution in [1.82, 2.24) is 4.98 Å². The lowest BCUT2D eigenvalue weighted by Crippen LogP contribution is -2.14. The van der Waals surface area contributed by atoms with Gasteiger partial charge in [0.1, 0.15) is 5.82 Å². The Morgan fingerprint density at radius 3 is 2.53 bits per heavy atom. The van der Waals surface area contributed by atoms with E-state index >= 15 is 0 Å². The summed E-state index contributed by atoms with van der Waals surface area (Å²) in [5, 5.41) is 3.28. The molecule has 15 heavy (non-hydrogen) atoms. The van der Waals surface area contributed by atoms with E-state index in [1.54, 1.807) is 0 Å². The van der Waals surface area contributed by atoms with E-state index in [1.807, 2.05) is 13.0 Å². The van der Waals surface area contributed by atoms with Crippen molar-refractivity contribution in [3.63, 3.8) is 0 Å². The minimum Gasteiger partial charge on any atom is -0.368 e. The third-order valence-corrected chi connectivity index (χ3v) is 2.40. The minimum absolute atomic E-state index is 0.102. The number of nitrogens with two attached hydrogens (primary N) is 1. The molecule has 1 aromatic heterocycles. The highest BCUT2D eigenvalue weighted by Crippen LogP contribution is 2.18. The predicted molar refractivity (Wildman–Crippen MR) is 65.0 cm³/mol. The number of pyridine rings is 1. The summed E-state index contributed by atoms with van der Waals surface area (Å²) < 4.78 is 0. The number of hydrogen-bond acceptors (Lipinski definition) is 3. The number of anilines is 1. The molecule has 0 unspecified atom stereocenters. The number of aromatic nitrogens is 1. The number of nitrogens with zero attached hydrogens (tertiary/aromatic N) is 1. The van der Waals surface area contributed by atoms with Gasteiger partial charge < -0.3 is 11.1 Å². The van der Waals surface area contributed by atoms with Gasteiger partial charge in [0.15, 0.2) is 0 Å². The highest BCUT2D eigenvalue weighted by Gasteiger charge is 2.08. The van der Waals surface area contributed by atoms with Crippen LogP contribution in [0.3, 0.4) is 0 Å². The van der Waals surface area contributed by atoms with Crippen molar-refractivity contribution in [2.24, 2.45) is 5.73 Å². The number of aryl methyl sites for hydroxylation is 1. The maximum atomic E-state index is 5.99. The summed E-state index contributed by atoms with van der Waals surface area (Å²) in [6.45, 7) is 8.30. The molecule has 0 aliphatic rings. The van der Waals surface area contributed by atoms with Crippen LogP contribution in [-0.2, 0) is 0 Å². The maximum Gasteiger partial charge on any atom is 0.126 e. The van der Waals surface area contributed by atoms with E-state index in [4.69, 9.17) is 5.73 Å². The molecule has 0 bridgehead atoms. The molecule has 0 amide bonds. The first-order valence-corrected chi connectivity index (χ1v) is 5.54. The van der Waals surface area contributed by atoms with Crippen LogP contribution in [0, 0.1) is 6.92 Å². The summed E-state index contributed by atoms with van der Waals surface area (Å²) >= 11 is 0. The third kappa shape index (κ3) is 3.20. The van der Waals surface area contributed by atoms with Gasteiger partial charge in [0.2, 0.25) is 0 Å². The Kier molecular flexibility index (Phi) is 4.09. The first-order chi connectivity index (χ1) is 7.04. The lowest BCUT2D eigenvalue weighted by Gasteiger charge is -2.15. The molecule has 0 aromatic carbocycles. The van der Waals surface area contributed by atoms with Gasteiger partial charge in [-0.05, 0) is 38.8 Å². The Morgan fingerprint density at radius 1 is 1.40 bits per heavy atom. The van der Waals surface area contributed by atoms with Crippen LogP contribution < -0.4 is 11.1 Å². The molecule has 0 aliphatic carbocycles. The number of rotatable bonds is 4.